The van der Waals surface area contributed by atoms with Crippen molar-refractivity contribution < 1.29 is 9.47 Å². The molecule has 4 heteroatoms. The highest BCUT2D eigenvalue weighted by Crippen LogP contribution is 2.12. The van der Waals surface area contributed by atoms with E-state index in [9.17, 15) is 0 Å². The van der Waals surface area contributed by atoms with Gasteiger partial charge in [0.15, 0.2) is 0 Å². The van der Waals surface area contributed by atoms with Gasteiger partial charge in [-0.1, -0.05) is 0 Å². The molecule has 1 atom stereocenters. The first kappa shape index (κ1) is 13.9. The van der Waals surface area contributed by atoms with Gasteiger partial charge in [0, 0.05) is 39.9 Å². The lowest BCUT2D eigenvalue weighted by molar-refractivity contribution is -0.00125. The summed E-state index contributed by atoms with van der Waals surface area (Å²) in [5.74, 6) is 0. The Morgan fingerprint density at radius 2 is 2.25 bits per heavy atom. The summed E-state index contributed by atoms with van der Waals surface area (Å²) in [4.78, 5) is 2.34. The highest BCUT2D eigenvalue weighted by molar-refractivity contribution is 4.68. The monoisotopic (exact) mass is 230 g/mol. The number of rotatable bonds is 8. The predicted molar refractivity (Wildman–Crippen MR) is 65.8 cm³/mol. The molecule has 0 aromatic heterocycles. The molecule has 0 saturated carbocycles. The van der Waals surface area contributed by atoms with Gasteiger partial charge in [0.2, 0.25) is 0 Å². The summed E-state index contributed by atoms with van der Waals surface area (Å²) in [6.07, 6.45) is 4.24. The van der Waals surface area contributed by atoms with Crippen LogP contribution < -0.4 is 5.32 Å². The number of likely N-dealkylation sites (N-methyl/N-ethyl adjacent to an activating group) is 1. The molecule has 0 aromatic carbocycles. The third kappa shape index (κ3) is 6.43. The Bertz CT molecular complexity index is 161. The number of hydrogen-bond donors (Lipinski definition) is 1. The van der Waals surface area contributed by atoms with Crippen LogP contribution in [-0.2, 0) is 9.47 Å². The molecule has 0 spiro atoms. The van der Waals surface area contributed by atoms with Crippen molar-refractivity contribution in [2.75, 3.05) is 53.6 Å². The van der Waals surface area contributed by atoms with Crippen LogP contribution in [0.15, 0.2) is 0 Å². The minimum Gasteiger partial charge on any atom is -0.383 e. The lowest BCUT2D eigenvalue weighted by atomic mass is 10.1. The van der Waals surface area contributed by atoms with Gasteiger partial charge in [0.25, 0.3) is 0 Å². The Balaban J connectivity index is 1.95. The molecule has 1 N–H and O–H groups in total. The number of ether oxygens (including phenoxy) is 2. The molecule has 4 nitrogen and oxygen atoms in total. The maximum atomic E-state index is 5.71. The second-order valence-electron chi connectivity index (χ2n) is 4.49. The Labute approximate surface area is 99.3 Å². The van der Waals surface area contributed by atoms with Gasteiger partial charge in [-0.15, -0.1) is 0 Å². The molecule has 1 rings (SSSR count). The van der Waals surface area contributed by atoms with Crippen LogP contribution in [0.25, 0.3) is 0 Å². The average Bonchev–Trinajstić information content (AvgIpc) is 2.30. The van der Waals surface area contributed by atoms with Crippen LogP contribution in [0.4, 0.5) is 0 Å². The first-order valence-corrected chi connectivity index (χ1v) is 6.32. The minimum atomic E-state index is 0.456. The van der Waals surface area contributed by atoms with Gasteiger partial charge in [-0.3, -0.25) is 0 Å². The molecule has 1 saturated heterocycles. The summed E-state index contributed by atoms with van der Waals surface area (Å²) in [6, 6.07) is 0. The standard InChI is InChI=1S/C12H26N2O2/c1-14(8-6-13-7-10-15-2)11-12-5-3-4-9-16-12/h12-13H,3-11H2,1-2H3. The van der Waals surface area contributed by atoms with E-state index in [1.807, 2.05) is 0 Å². The van der Waals surface area contributed by atoms with Gasteiger partial charge in [-0.05, 0) is 26.3 Å². The summed E-state index contributed by atoms with van der Waals surface area (Å²) in [6.45, 7) is 5.83. The minimum absolute atomic E-state index is 0.456. The molecule has 0 amide bonds. The third-order valence-electron chi connectivity index (χ3n) is 2.94. The SMILES string of the molecule is COCCNCCN(C)CC1CCCCO1. The summed E-state index contributed by atoms with van der Waals surface area (Å²) in [7, 11) is 3.89. The highest BCUT2D eigenvalue weighted by Gasteiger charge is 2.15. The van der Waals surface area contributed by atoms with E-state index in [0.717, 1.165) is 39.4 Å². The van der Waals surface area contributed by atoms with Crippen molar-refractivity contribution in [3.63, 3.8) is 0 Å². The molecular weight excluding hydrogens is 204 g/mol. The number of methoxy groups -OCH3 is 1. The summed E-state index contributed by atoms with van der Waals surface area (Å²) in [5.41, 5.74) is 0. The Morgan fingerprint density at radius 3 is 2.94 bits per heavy atom. The molecule has 1 aliphatic rings. The molecule has 0 aliphatic carbocycles. The van der Waals surface area contributed by atoms with Crippen LogP contribution in [0.3, 0.4) is 0 Å². The molecule has 0 aromatic rings. The van der Waals surface area contributed by atoms with E-state index in [-0.39, 0.29) is 0 Å². The largest absolute Gasteiger partial charge is 0.383 e. The molecule has 0 radical (unpaired) electrons. The third-order valence-corrected chi connectivity index (χ3v) is 2.94. The summed E-state index contributed by atoms with van der Waals surface area (Å²) < 4.78 is 10.7. The van der Waals surface area contributed by atoms with Crippen LogP contribution in [0.5, 0.6) is 0 Å². The van der Waals surface area contributed by atoms with Crippen molar-refractivity contribution in [3.05, 3.63) is 0 Å². The Hall–Kier alpha value is -0.160. The molecule has 0 bridgehead atoms. The Morgan fingerprint density at radius 1 is 1.38 bits per heavy atom. The highest BCUT2D eigenvalue weighted by atomic mass is 16.5. The smallest absolute Gasteiger partial charge is 0.0701 e. The fourth-order valence-electron chi connectivity index (χ4n) is 1.96. The van der Waals surface area contributed by atoms with Crippen molar-refractivity contribution in [2.24, 2.45) is 0 Å². The van der Waals surface area contributed by atoms with Gasteiger partial charge in [-0.25, -0.2) is 0 Å². The van der Waals surface area contributed by atoms with E-state index in [4.69, 9.17) is 9.47 Å². The number of hydrogen-bond acceptors (Lipinski definition) is 4. The molecule has 1 aliphatic heterocycles. The van der Waals surface area contributed by atoms with Crippen molar-refractivity contribution in [2.45, 2.75) is 25.4 Å². The number of nitrogens with one attached hydrogen (secondary N) is 1. The van der Waals surface area contributed by atoms with Crippen LogP contribution in [0.2, 0.25) is 0 Å². The van der Waals surface area contributed by atoms with Crippen molar-refractivity contribution in [1.29, 1.82) is 0 Å². The average molecular weight is 230 g/mol. The van der Waals surface area contributed by atoms with E-state index in [0.29, 0.717) is 6.10 Å². The van der Waals surface area contributed by atoms with Crippen LogP contribution >= 0.6 is 0 Å². The second kappa shape index (κ2) is 8.93. The zero-order valence-electron chi connectivity index (χ0n) is 10.7. The van der Waals surface area contributed by atoms with Gasteiger partial charge in [0.05, 0.1) is 12.7 Å². The molecule has 1 heterocycles. The summed E-state index contributed by atoms with van der Waals surface area (Å²) in [5, 5.41) is 3.35. The quantitative estimate of drug-likeness (QED) is 0.623. The summed E-state index contributed by atoms with van der Waals surface area (Å²) >= 11 is 0. The maximum Gasteiger partial charge on any atom is 0.0701 e. The van der Waals surface area contributed by atoms with E-state index in [2.05, 4.69) is 17.3 Å². The normalized spacial score (nSPS) is 21.6. The first-order valence-electron chi connectivity index (χ1n) is 6.32. The van der Waals surface area contributed by atoms with Gasteiger partial charge < -0.3 is 19.7 Å². The van der Waals surface area contributed by atoms with Gasteiger partial charge >= 0.3 is 0 Å². The molecule has 96 valence electrons. The zero-order valence-corrected chi connectivity index (χ0v) is 10.7. The van der Waals surface area contributed by atoms with Crippen LogP contribution in [-0.4, -0.2) is 64.6 Å². The van der Waals surface area contributed by atoms with Crippen LogP contribution in [0, 0.1) is 0 Å². The van der Waals surface area contributed by atoms with Crippen molar-refractivity contribution >= 4 is 0 Å². The van der Waals surface area contributed by atoms with Gasteiger partial charge in [-0.2, -0.15) is 0 Å². The predicted octanol–water partition coefficient (Wildman–Crippen LogP) is 0.723. The molecule has 1 unspecified atom stereocenters. The zero-order chi connectivity index (χ0) is 11.6. The van der Waals surface area contributed by atoms with Crippen molar-refractivity contribution in [1.82, 2.24) is 10.2 Å². The lowest BCUT2D eigenvalue weighted by Crippen LogP contribution is -2.37. The topological polar surface area (TPSA) is 33.7 Å². The first-order chi connectivity index (χ1) is 7.83. The molecule has 1 fully saturated rings. The fourth-order valence-corrected chi connectivity index (χ4v) is 1.96. The van der Waals surface area contributed by atoms with E-state index in [1.54, 1.807) is 7.11 Å². The molecular formula is C12H26N2O2. The fraction of sp³-hybridized carbons (Fsp3) is 1.00. The second-order valence-corrected chi connectivity index (χ2v) is 4.49. The van der Waals surface area contributed by atoms with Crippen molar-refractivity contribution in [3.8, 4) is 0 Å². The van der Waals surface area contributed by atoms with Crippen LogP contribution in [0.1, 0.15) is 19.3 Å². The van der Waals surface area contributed by atoms with E-state index >= 15 is 0 Å². The maximum absolute atomic E-state index is 5.71. The number of nitrogens with zero attached hydrogens (tertiary/aromatic N) is 1. The van der Waals surface area contributed by atoms with E-state index in [1.165, 1.54) is 19.3 Å². The Kier molecular flexibility index (Phi) is 7.76. The van der Waals surface area contributed by atoms with Gasteiger partial charge in [0.1, 0.15) is 0 Å². The molecule has 16 heavy (non-hydrogen) atoms. The van der Waals surface area contributed by atoms with E-state index < -0.39 is 0 Å². The lowest BCUT2D eigenvalue weighted by Gasteiger charge is -2.27.